The van der Waals surface area contributed by atoms with Gasteiger partial charge in [0, 0.05) is 11.4 Å². The van der Waals surface area contributed by atoms with E-state index in [1.54, 1.807) is 0 Å². The topological polar surface area (TPSA) is 66.9 Å². The molecule has 1 unspecified atom stereocenters. The van der Waals surface area contributed by atoms with Gasteiger partial charge in [-0.1, -0.05) is 42.1 Å². The molecule has 22 heavy (non-hydrogen) atoms. The van der Waals surface area contributed by atoms with Gasteiger partial charge in [0.1, 0.15) is 5.25 Å². The Morgan fingerprint density at radius 1 is 1.23 bits per heavy atom. The normalized spacial score (nSPS) is 12.2. The Morgan fingerprint density at radius 3 is 2.73 bits per heavy atom. The van der Waals surface area contributed by atoms with E-state index in [0.717, 1.165) is 17.0 Å². The van der Waals surface area contributed by atoms with Crippen molar-refractivity contribution < 1.29 is 0 Å². The maximum atomic E-state index is 9.43. The SMILES string of the molecule is Cc1cc(C)n2c(SC(C#N)Cc3ccccc3)nnc2n1. The number of hydrogen-bond acceptors (Lipinski definition) is 5. The predicted molar refractivity (Wildman–Crippen MR) is 85.7 cm³/mol. The Labute approximate surface area is 133 Å². The van der Waals surface area contributed by atoms with E-state index in [4.69, 9.17) is 0 Å². The Bertz CT molecular complexity index is 835. The van der Waals surface area contributed by atoms with Crippen LogP contribution in [-0.2, 0) is 6.42 Å². The highest BCUT2D eigenvalue weighted by molar-refractivity contribution is 8.00. The third kappa shape index (κ3) is 2.95. The molecule has 5 nitrogen and oxygen atoms in total. The van der Waals surface area contributed by atoms with Crippen molar-refractivity contribution in [2.24, 2.45) is 0 Å². The fourth-order valence-corrected chi connectivity index (χ4v) is 3.35. The van der Waals surface area contributed by atoms with Crippen molar-refractivity contribution in [3.05, 3.63) is 53.3 Å². The minimum atomic E-state index is -0.212. The van der Waals surface area contributed by atoms with Crippen LogP contribution in [0.25, 0.3) is 5.78 Å². The van der Waals surface area contributed by atoms with Gasteiger partial charge in [-0.3, -0.25) is 4.40 Å². The van der Waals surface area contributed by atoms with Gasteiger partial charge in [0.2, 0.25) is 0 Å². The highest BCUT2D eigenvalue weighted by Crippen LogP contribution is 2.25. The summed E-state index contributed by atoms with van der Waals surface area (Å²) in [5.74, 6) is 0.580. The van der Waals surface area contributed by atoms with Crippen LogP contribution in [0, 0.1) is 25.2 Å². The molecule has 3 aromatic rings. The average molecular weight is 309 g/mol. The van der Waals surface area contributed by atoms with Crippen molar-refractivity contribution in [1.82, 2.24) is 19.6 Å². The Hall–Kier alpha value is -2.39. The molecule has 110 valence electrons. The number of nitriles is 1. The van der Waals surface area contributed by atoms with Crippen molar-refractivity contribution >= 4 is 17.5 Å². The lowest BCUT2D eigenvalue weighted by Crippen LogP contribution is -2.06. The predicted octanol–water partition coefficient (Wildman–Crippen LogP) is 2.97. The molecule has 2 heterocycles. The lowest BCUT2D eigenvalue weighted by Gasteiger charge is -2.08. The number of hydrogen-bond donors (Lipinski definition) is 0. The van der Waals surface area contributed by atoms with Crippen LogP contribution in [0.2, 0.25) is 0 Å². The summed E-state index contributed by atoms with van der Waals surface area (Å²) in [6, 6.07) is 14.3. The summed E-state index contributed by atoms with van der Waals surface area (Å²) in [6.45, 7) is 3.93. The molecule has 0 aliphatic rings. The molecule has 0 amide bonds. The first-order valence-corrected chi connectivity index (χ1v) is 7.85. The average Bonchev–Trinajstić information content (AvgIpc) is 2.90. The van der Waals surface area contributed by atoms with E-state index in [0.29, 0.717) is 17.4 Å². The Balaban J connectivity index is 1.87. The van der Waals surface area contributed by atoms with E-state index < -0.39 is 0 Å². The summed E-state index contributed by atoms with van der Waals surface area (Å²) < 4.78 is 1.90. The summed E-state index contributed by atoms with van der Waals surface area (Å²) in [5, 5.41) is 18.2. The largest absolute Gasteiger partial charge is 0.259 e. The highest BCUT2D eigenvalue weighted by atomic mass is 32.2. The number of aromatic nitrogens is 4. The maximum Gasteiger partial charge on any atom is 0.256 e. The molecule has 6 heteroatoms. The van der Waals surface area contributed by atoms with Crippen LogP contribution >= 0.6 is 11.8 Å². The van der Waals surface area contributed by atoms with Gasteiger partial charge in [-0.15, -0.1) is 10.2 Å². The van der Waals surface area contributed by atoms with Crippen molar-refractivity contribution in [3.8, 4) is 6.07 Å². The van der Waals surface area contributed by atoms with Gasteiger partial charge in [-0.2, -0.15) is 5.26 Å². The van der Waals surface area contributed by atoms with Crippen LogP contribution < -0.4 is 0 Å². The second-order valence-electron chi connectivity index (χ2n) is 5.08. The van der Waals surface area contributed by atoms with Gasteiger partial charge >= 0.3 is 0 Å². The molecule has 1 aromatic carbocycles. The molecule has 0 saturated heterocycles. The molecule has 1 atom stereocenters. The van der Waals surface area contributed by atoms with Crippen molar-refractivity contribution in [2.75, 3.05) is 0 Å². The standard InChI is InChI=1S/C16H15N5S/c1-11-8-12(2)21-15(18-11)19-20-16(21)22-14(10-17)9-13-6-4-3-5-7-13/h3-8,14H,9H2,1-2H3. The van der Waals surface area contributed by atoms with Gasteiger partial charge < -0.3 is 0 Å². The molecule has 0 aliphatic carbocycles. The molecule has 0 N–H and O–H groups in total. The number of rotatable bonds is 4. The van der Waals surface area contributed by atoms with Gasteiger partial charge in [0.25, 0.3) is 5.78 Å². The summed E-state index contributed by atoms with van der Waals surface area (Å²) in [4.78, 5) is 4.37. The molecule has 0 saturated carbocycles. The van der Waals surface area contributed by atoms with Crippen LogP contribution in [0.4, 0.5) is 0 Å². The van der Waals surface area contributed by atoms with E-state index in [2.05, 4.69) is 21.3 Å². The molecule has 2 aromatic heterocycles. The number of aryl methyl sites for hydroxylation is 2. The Morgan fingerprint density at radius 2 is 2.00 bits per heavy atom. The van der Waals surface area contributed by atoms with Gasteiger partial charge in [-0.05, 0) is 31.9 Å². The van der Waals surface area contributed by atoms with E-state index in [1.165, 1.54) is 11.8 Å². The fourth-order valence-electron chi connectivity index (χ4n) is 2.35. The Kier molecular flexibility index (Phi) is 4.07. The zero-order valence-corrected chi connectivity index (χ0v) is 13.2. The number of thioether (sulfide) groups is 1. The maximum absolute atomic E-state index is 9.43. The quantitative estimate of drug-likeness (QED) is 0.693. The monoisotopic (exact) mass is 309 g/mol. The van der Waals surface area contributed by atoms with Gasteiger partial charge in [0.15, 0.2) is 5.16 Å². The van der Waals surface area contributed by atoms with Crippen LogP contribution in [0.15, 0.2) is 41.6 Å². The minimum Gasteiger partial charge on any atom is -0.259 e. The van der Waals surface area contributed by atoms with Crippen molar-refractivity contribution in [3.63, 3.8) is 0 Å². The summed E-state index contributed by atoms with van der Waals surface area (Å²) in [5.41, 5.74) is 3.07. The second kappa shape index (κ2) is 6.16. The van der Waals surface area contributed by atoms with Crippen LogP contribution in [-0.4, -0.2) is 24.8 Å². The smallest absolute Gasteiger partial charge is 0.256 e. The summed E-state index contributed by atoms with van der Waals surface area (Å²) in [6.07, 6.45) is 0.676. The van der Waals surface area contributed by atoms with Crippen LogP contribution in [0.3, 0.4) is 0 Å². The summed E-state index contributed by atoms with van der Waals surface area (Å²) >= 11 is 1.43. The number of nitrogens with zero attached hydrogens (tertiary/aromatic N) is 5. The van der Waals surface area contributed by atoms with E-state index in [9.17, 15) is 5.26 Å². The molecular weight excluding hydrogens is 294 g/mol. The molecule has 0 bridgehead atoms. The number of fused-ring (bicyclic) bond motifs is 1. The molecule has 0 spiro atoms. The minimum absolute atomic E-state index is 0.212. The molecule has 0 aliphatic heterocycles. The number of benzene rings is 1. The van der Waals surface area contributed by atoms with Crippen molar-refractivity contribution in [2.45, 2.75) is 30.7 Å². The molecular formula is C16H15N5S. The lowest BCUT2D eigenvalue weighted by atomic mass is 10.1. The van der Waals surface area contributed by atoms with E-state index in [-0.39, 0.29) is 5.25 Å². The second-order valence-corrected chi connectivity index (χ2v) is 6.25. The zero-order valence-electron chi connectivity index (χ0n) is 12.4. The third-order valence-corrected chi connectivity index (χ3v) is 4.35. The molecule has 0 fully saturated rings. The van der Waals surface area contributed by atoms with Gasteiger partial charge in [-0.25, -0.2) is 4.98 Å². The van der Waals surface area contributed by atoms with Crippen LogP contribution in [0.1, 0.15) is 17.0 Å². The van der Waals surface area contributed by atoms with E-state index >= 15 is 0 Å². The van der Waals surface area contributed by atoms with E-state index in [1.807, 2.05) is 54.6 Å². The summed E-state index contributed by atoms with van der Waals surface area (Å²) in [7, 11) is 0. The lowest BCUT2D eigenvalue weighted by molar-refractivity contribution is 0.878. The van der Waals surface area contributed by atoms with Gasteiger partial charge in [0.05, 0.1) is 6.07 Å². The first kappa shape index (κ1) is 14.5. The van der Waals surface area contributed by atoms with Crippen LogP contribution in [0.5, 0.6) is 0 Å². The highest BCUT2D eigenvalue weighted by Gasteiger charge is 2.17. The first-order chi connectivity index (χ1) is 10.7. The molecule has 3 rings (SSSR count). The molecule has 0 radical (unpaired) electrons. The fraction of sp³-hybridized carbons (Fsp3) is 0.250. The zero-order chi connectivity index (χ0) is 15.5. The van der Waals surface area contributed by atoms with Crippen molar-refractivity contribution in [1.29, 1.82) is 5.26 Å². The third-order valence-electron chi connectivity index (χ3n) is 3.32. The first-order valence-electron chi connectivity index (χ1n) is 6.97.